The van der Waals surface area contributed by atoms with Gasteiger partial charge in [-0.1, -0.05) is 0 Å². The maximum absolute atomic E-state index is 12.9. The number of piperidine rings is 1. The molecule has 7 nitrogen and oxygen atoms in total. The number of hydrogen-bond acceptors (Lipinski definition) is 5. The van der Waals surface area contributed by atoms with Crippen LogP contribution in [0.4, 0.5) is 0 Å². The molecule has 2 aromatic rings. The van der Waals surface area contributed by atoms with Crippen LogP contribution in [0.1, 0.15) is 50.9 Å². The Labute approximate surface area is 179 Å². The van der Waals surface area contributed by atoms with Crippen LogP contribution in [0.3, 0.4) is 0 Å². The van der Waals surface area contributed by atoms with Gasteiger partial charge >= 0.3 is 0 Å². The molecular formula is C23H35N5O2. The number of pyridine rings is 1. The van der Waals surface area contributed by atoms with Crippen LogP contribution in [0, 0.1) is 5.41 Å². The summed E-state index contributed by atoms with van der Waals surface area (Å²) in [6, 6.07) is 4.07. The predicted molar refractivity (Wildman–Crippen MR) is 117 cm³/mol. The van der Waals surface area contributed by atoms with Crippen molar-refractivity contribution in [1.82, 2.24) is 24.3 Å². The number of aromatic nitrogens is 3. The molecule has 1 spiro atoms. The minimum Gasteiger partial charge on any atom is -0.383 e. The van der Waals surface area contributed by atoms with Gasteiger partial charge in [-0.2, -0.15) is 0 Å². The molecule has 4 heterocycles. The minimum atomic E-state index is 0.156. The van der Waals surface area contributed by atoms with Crippen LogP contribution in [0.25, 0.3) is 11.2 Å². The molecule has 0 aromatic carbocycles. The van der Waals surface area contributed by atoms with E-state index in [4.69, 9.17) is 9.72 Å². The quantitative estimate of drug-likeness (QED) is 0.698. The van der Waals surface area contributed by atoms with Crippen LogP contribution in [-0.2, 0) is 16.0 Å². The largest absolute Gasteiger partial charge is 0.383 e. The number of methoxy groups -OCH3 is 1. The summed E-state index contributed by atoms with van der Waals surface area (Å²) in [4.78, 5) is 26.7. The van der Waals surface area contributed by atoms with Crippen molar-refractivity contribution in [3.8, 4) is 0 Å². The van der Waals surface area contributed by atoms with Crippen molar-refractivity contribution < 1.29 is 9.53 Å². The number of hydrogen-bond donors (Lipinski definition) is 0. The van der Waals surface area contributed by atoms with Crippen molar-refractivity contribution in [1.29, 1.82) is 0 Å². The molecule has 2 aliphatic rings. The molecule has 30 heavy (non-hydrogen) atoms. The smallest absolute Gasteiger partial charge is 0.222 e. The minimum absolute atomic E-state index is 0.156. The van der Waals surface area contributed by atoms with Gasteiger partial charge in [0.2, 0.25) is 5.91 Å². The molecule has 2 saturated heterocycles. The van der Waals surface area contributed by atoms with Crippen molar-refractivity contribution in [2.45, 2.75) is 51.5 Å². The van der Waals surface area contributed by atoms with Crippen molar-refractivity contribution in [3.05, 3.63) is 24.2 Å². The molecule has 4 rings (SSSR count). The number of likely N-dealkylation sites (tertiary alicyclic amines) is 2. The molecule has 0 aliphatic carbocycles. The van der Waals surface area contributed by atoms with Crippen molar-refractivity contribution in [3.63, 3.8) is 0 Å². The Bertz CT molecular complexity index is 872. The lowest BCUT2D eigenvalue weighted by atomic mass is 9.78. The first-order chi connectivity index (χ1) is 14.5. The van der Waals surface area contributed by atoms with E-state index in [1.807, 2.05) is 12.1 Å². The van der Waals surface area contributed by atoms with E-state index in [1.54, 1.807) is 13.3 Å². The highest BCUT2D eigenvalue weighted by Crippen LogP contribution is 2.40. The Morgan fingerprint density at radius 3 is 2.80 bits per heavy atom. The SMILES string of the molecule is COC[C@@H](C)n1c(CCCC(=O)N2CCC3(CCN(C)CC3)C2)nc2cccnc21. The van der Waals surface area contributed by atoms with E-state index in [-0.39, 0.29) is 6.04 Å². The fourth-order valence-electron chi connectivity index (χ4n) is 5.14. The fourth-order valence-corrected chi connectivity index (χ4v) is 5.14. The monoisotopic (exact) mass is 413 g/mol. The van der Waals surface area contributed by atoms with Gasteiger partial charge in [0, 0.05) is 39.2 Å². The van der Waals surface area contributed by atoms with Gasteiger partial charge in [0.15, 0.2) is 5.65 Å². The van der Waals surface area contributed by atoms with Gasteiger partial charge in [0.1, 0.15) is 11.3 Å². The first-order valence-corrected chi connectivity index (χ1v) is 11.3. The lowest BCUT2D eigenvalue weighted by molar-refractivity contribution is -0.130. The van der Waals surface area contributed by atoms with Crippen molar-refractivity contribution in [2.75, 3.05) is 46.9 Å². The zero-order valence-corrected chi connectivity index (χ0v) is 18.6. The van der Waals surface area contributed by atoms with Crippen LogP contribution >= 0.6 is 0 Å². The molecule has 0 unspecified atom stereocenters. The number of carbonyl (C=O) groups is 1. The zero-order chi connectivity index (χ0) is 21.1. The van der Waals surface area contributed by atoms with Crippen LogP contribution in [0.5, 0.6) is 0 Å². The van der Waals surface area contributed by atoms with Gasteiger partial charge in [-0.05, 0) is 70.3 Å². The number of rotatable bonds is 7. The highest BCUT2D eigenvalue weighted by atomic mass is 16.5. The van der Waals surface area contributed by atoms with Gasteiger partial charge < -0.3 is 19.1 Å². The summed E-state index contributed by atoms with van der Waals surface area (Å²) in [6.07, 6.45) is 7.60. The third-order valence-electron chi connectivity index (χ3n) is 7.00. The second-order valence-electron chi connectivity index (χ2n) is 9.27. The normalized spacial score (nSPS) is 20.3. The summed E-state index contributed by atoms with van der Waals surface area (Å²) in [5.74, 6) is 1.30. The third-order valence-corrected chi connectivity index (χ3v) is 7.00. The number of amides is 1. The summed E-state index contributed by atoms with van der Waals surface area (Å²) in [5, 5.41) is 0. The summed E-state index contributed by atoms with van der Waals surface area (Å²) in [7, 11) is 3.91. The molecule has 0 bridgehead atoms. The Balaban J connectivity index is 1.36. The van der Waals surface area contributed by atoms with Crippen LogP contribution in [-0.4, -0.2) is 77.2 Å². The van der Waals surface area contributed by atoms with Crippen molar-refractivity contribution in [2.24, 2.45) is 5.41 Å². The topological polar surface area (TPSA) is 63.5 Å². The standard InChI is InChI=1S/C23H35N5O2/c1-18(16-30-3)28-20(25-19-6-5-12-24-22(19)28)7-4-8-21(29)27-15-11-23(17-27)9-13-26(2)14-10-23/h5-6,12,18H,4,7-11,13-17H2,1-3H3/t18-/m1/s1. The Morgan fingerprint density at radius 2 is 2.03 bits per heavy atom. The Kier molecular flexibility index (Phi) is 6.39. The Hall–Kier alpha value is -1.99. The summed E-state index contributed by atoms with van der Waals surface area (Å²) in [6.45, 7) is 6.93. The van der Waals surface area contributed by atoms with E-state index in [2.05, 4.69) is 33.3 Å². The molecule has 0 N–H and O–H groups in total. The number of nitrogens with zero attached hydrogens (tertiary/aromatic N) is 5. The number of fused-ring (bicyclic) bond motifs is 1. The molecule has 0 radical (unpaired) electrons. The average molecular weight is 414 g/mol. The van der Waals surface area contributed by atoms with E-state index in [9.17, 15) is 4.79 Å². The lowest BCUT2D eigenvalue weighted by Gasteiger charge is -2.37. The fraction of sp³-hybridized carbons (Fsp3) is 0.696. The number of aryl methyl sites for hydroxylation is 1. The maximum Gasteiger partial charge on any atom is 0.222 e. The summed E-state index contributed by atoms with van der Waals surface area (Å²) in [5.41, 5.74) is 2.18. The van der Waals surface area contributed by atoms with E-state index in [0.29, 0.717) is 24.3 Å². The zero-order valence-electron chi connectivity index (χ0n) is 18.6. The highest BCUT2D eigenvalue weighted by molar-refractivity contribution is 5.76. The first-order valence-electron chi connectivity index (χ1n) is 11.3. The van der Waals surface area contributed by atoms with E-state index < -0.39 is 0 Å². The molecular weight excluding hydrogens is 378 g/mol. The van der Waals surface area contributed by atoms with Crippen LogP contribution in [0.15, 0.2) is 18.3 Å². The summed E-state index contributed by atoms with van der Waals surface area (Å²) < 4.78 is 7.54. The van der Waals surface area contributed by atoms with Gasteiger partial charge in [-0.15, -0.1) is 0 Å². The number of carbonyl (C=O) groups excluding carboxylic acids is 1. The molecule has 164 valence electrons. The predicted octanol–water partition coefficient (Wildman–Crippen LogP) is 2.91. The number of ether oxygens (including phenoxy) is 1. The Morgan fingerprint density at radius 1 is 1.27 bits per heavy atom. The van der Waals surface area contributed by atoms with E-state index >= 15 is 0 Å². The average Bonchev–Trinajstić information content (AvgIpc) is 3.32. The third kappa shape index (κ3) is 4.37. The first kappa shape index (κ1) is 21.2. The lowest BCUT2D eigenvalue weighted by Crippen LogP contribution is -2.40. The molecule has 2 aliphatic heterocycles. The summed E-state index contributed by atoms with van der Waals surface area (Å²) >= 11 is 0. The van der Waals surface area contributed by atoms with Gasteiger partial charge in [0.05, 0.1) is 12.6 Å². The maximum atomic E-state index is 12.9. The van der Waals surface area contributed by atoms with E-state index in [1.165, 1.54) is 19.3 Å². The molecule has 2 fully saturated rings. The number of imidazole rings is 1. The van der Waals surface area contributed by atoms with Gasteiger partial charge in [-0.25, -0.2) is 9.97 Å². The van der Waals surface area contributed by atoms with Gasteiger partial charge in [0.25, 0.3) is 0 Å². The molecule has 1 amide bonds. The molecule has 2 aromatic heterocycles. The van der Waals surface area contributed by atoms with Gasteiger partial charge in [-0.3, -0.25) is 4.79 Å². The van der Waals surface area contributed by atoms with Crippen LogP contribution < -0.4 is 0 Å². The second kappa shape index (κ2) is 9.02. The second-order valence-corrected chi connectivity index (χ2v) is 9.27. The highest BCUT2D eigenvalue weighted by Gasteiger charge is 2.41. The molecule has 7 heteroatoms. The van der Waals surface area contributed by atoms with Crippen LogP contribution in [0.2, 0.25) is 0 Å². The molecule has 0 saturated carbocycles. The molecule has 1 atom stereocenters. The van der Waals surface area contributed by atoms with Crippen molar-refractivity contribution >= 4 is 17.1 Å². The van der Waals surface area contributed by atoms with E-state index in [0.717, 1.165) is 56.0 Å².